The molecule has 5 nitrogen and oxygen atoms in total. The van der Waals surface area contributed by atoms with Gasteiger partial charge in [-0.2, -0.15) is 17.7 Å². The molecular formula is C5H5N5S. The molecule has 6 heteroatoms. The molecule has 0 spiro atoms. The van der Waals surface area contributed by atoms with Crippen LogP contribution in [0.15, 0.2) is 12.1 Å². The Bertz CT molecular complexity index is 370. The van der Waals surface area contributed by atoms with Gasteiger partial charge in [-0.05, 0) is 22.6 Å². The SMILES string of the molecule is SCc1ccc2nnnn2n1. The van der Waals surface area contributed by atoms with Crippen molar-refractivity contribution in [2.45, 2.75) is 5.75 Å². The molecule has 0 amide bonds. The molecule has 0 aliphatic carbocycles. The summed E-state index contributed by atoms with van der Waals surface area (Å²) in [6, 6.07) is 3.65. The molecule has 11 heavy (non-hydrogen) atoms. The molecule has 0 N–H and O–H groups in total. The zero-order chi connectivity index (χ0) is 7.68. The first kappa shape index (κ1) is 6.53. The molecule has 2 aromatic rings. The first-order valence-electron chi connectivity index (χ1n) is 3.05. The number of fused-ring (bicyclic) bond motifs is 1. The van der Waals surface area contributed by atoms with Gasteiger partial charge in [0.1, 0.15) is 0 Å². The zero-order valence-electron chi connectivity index (χ0n) is 5.55. The van der Waals surface area contributed by atoms with Crippen LogP contribution in [0.4, 0.5) is 0 Å². The Hall–Kier alpha value is -1.17. The van der Waals surface area contributed by atoms with E-state index in [-0.39, 0.29) is 0 Å². The monoisotopic (exact) mass is 167 g/mol. The fourth-order valence-electron chi connectivity index (χ4n) is 0.771. The van der Waals surface area contributed by atoms with Gasteiger partial charge in [0.05, 0.1) is 5.69 Å². The molecule has 0 aromatic carbocycles. The van der Waals surface area contributed by atoms with Crippen molar-refractivity contribution in [3.05, 3.63) is 17.8 Å². The van der Waals surface area contributed by atoms with Gasteiger partial charge in [-0.1, -0.05) is 0 Å². The van der Waals surface area contributed by atoms with Gasteiger partial charge >= 0.3 is 0 Å². The summed E-state index contributed by atoms with van der Waals surface area (Å²) in [6.45, 7) is 0. The maximum Gasteiger partial charge on any atom is 0.199 e. The van der Waals surface area contributed by atoms with E-state index >= 15 is 0 Å². The van der Waals surface area contributed by atoms with Crippen LogP contribution in [0.1, 0.15) is 5.69 Å². The van der Waals surface area contributed by atoms with Gasteiger partial charge in [-0.15, -0.1) is 9.73 Å². The summed E-state index contributed by atoms with van der Waals surface area (Å²) in [7, 11) is 0. The van der Waals surface area contributed by atoms with Crippen molar-refractivity contribution in [3.8, 4) is 0 Å². The summed E-state index contributed by atoms with van der Waals surface area (Å²) in [5.41, 5.74) is 1.50. The number of nitrogens with zero attached hydrogens (tertiary/aromatic N) is 5. The number of rotatable bonds is 1. The van der Waals surface area contributed by atoms with Gasteiger partial charge in [-0.25, -0.2) is 0 Å². The van der Waals surface area contributed by atoms with E-state index in [1.165, 1.54) is 4.63 Å². The van der Waals surface area contributed by atoms with Gasteiger partial charge in [0.15, 0.2) is 5.65 Å². The van der Waals surface area contributed by atoms with Crippen molar-refractivity contribution in [1.82, 2.24) is 25.3 Å². The lowest BCUT2D eigenvalue weighted by molar-refractivity contribution is 0.720. The average molecular weight is 167 g/mol. The Kier molecular flexibility index (Phi) is 1.46. The van der Waals surface area contributed by atoms with E-state index < -0.39 is 0 Å². The fraction of sp³-hybridized carbons (Fsp3) is 0.200. The standard InChI is InChI=1S/C5H5N5S/c11-3-4-1-2-5-6-8-9-10(5)7-4/h1-2,11H,3H2. The average Bonchev–Trinajstić information content (AvgIpc) is 2.50. The minimum absolute atomic E-state index is 0.593. The quantitative estimate of drug-likeness (QED) is 0.605. The Labute approximate surface area is 67.8 Å². The lowest BCUT2D eigenvalue weighted by Gasteiger charge is -1.92. The smallest absolute Gasteiger partial charge is 0.173 e. The van der Waals surface area contributed by atoms with Gasteiger partial charge in [0.2, 0.25) is 0 Å². The second-order valence-corrected chi connectivity index (χ2v) is 2.33. The molecule has 0 fully saturated rings. The summed E-state index contributed by atoms with van der Waals surface area (Å²) in [5.74, 6) is 0.593. The van der Waals surface area contributed by atoms with E-state index in [1.807, 2.05) is 6.07 Å². The molecule has 0 saturated carbocycles. The van der Waals surface area contributed by atoms with Gasteiger partial charge in [0.25, 0.3) is 0 Å². The zero-order valence-corrected chi connectivity index (χ0v) is 6.44. The second kappa shape index (κ2) is 2.46. The van der Waals surface area contributed by atoms with E-state index in [0.29, 0.717) is 11.4 Å². The number of aromatic nitrogens is 5. The predicted octanol–water partition coefficient (Wildman–Crippen LogP) is -0.0509. The number of hydrogen-bond donors (Lipinski definition) is 1. The Morgan fingerprint density at radius 3 is 3.18 bits per heavy atom. The summed E-state index contributed by atoms with van der Waals surface area (Å²) in [6.07, 6.45) is 0. The van der Waals surface area contributed by atoms with Crippen LogP contribution in [0.2, 0.25) is 0 Å². The van der Waals surface area contributed by atoms with E-state index in [4.69, 9.17) is 0 Å². The van der Waals surface area contributed by atoms with E-state index in [2.05, 4.69) is 33.3 Å². The lowest BCUT2D eigenvalue weighted by Crippen LogP contribution is -1.97. The Balaban J connectivity index is 2.67. The third-order valence-corrected chi connectivity index (χ3v) is 1.61. The van der Waals surface area contributed by atoms with Gasteiger partial charge in [0, 0.05) is 5.75 Å². The largest absolute Gasteiger partial charge is 0.199 e. The summed E-state index contributed by atoms with van der Waals surface area (Å²) in [4.78, 5) is 0. The van der Waals surface area contributed by atoms with Crippen LogP contribution < -0.4 is 0 Å². The molecule has 0 unspecified atom stereocenters. The topological polar surface area (TPSA) is 56.0 Å². The van der Waals surface area contributed by atoms with Crippen LogP contribution in [-0.2, 0) is 5.75 Å². The molecule has 0 radical (unpaired) electrons. The molecule has 0 bridgehead atoms. The minimum Gasteiger partial charge on any atom is -0.173 e. The third-order valence-electron chi connectivity index (χ3n) is 1.29. The van der Waals surface area contributed by atoms with E-state index in [1.54, 1.807) is 6.07 Å². The van der Waals surface area contributed by atoms with Crippen LogP contribution in [0.25, 0.3) is 5.65 Å². The normalized spacial score (nSPS) is 10.6. The molecule has 0 aliphatic heterocycles. The molecule has 56 valence electrons. The molecule has 2 heterocycles. The highest BCUT2D eigenvalue weighted by molar-refractivity contribution is 7.79. The number of thiol groups is 1. The third kappa shape index (κ3) is 1.05. The lowest BCUT2D eigenvalue weighted by atomic mass is 10.4. The maximum absolute atomic E-state index is 4.07. The first-order valence-corrected chi connectivity index (χ1v) is 3.68. The molecule has 0 aliphatic rings. The van der Waals surface area contributed by atoms with Gasteiger partial charge < -0.3 is 0 Å². The van der Waals surface area contributed by atoms with Crippen molar-refractivity contribution >= 4 is 18.3 Å². The van der Waals surface area contributed by atoms with Crippen molar-refractivity contribution < 1.29 is 0 Å². The maximum atomic E-state index is 4.07. The molecule has 2 aromatic heterocycles. The van der Waals surface area contributed by atoms with Crippen LogP contribution in [0.3, 0.4) is 0 Å². The molecular weight excluding hydrogens is 162 g/mol. The number of hydrogen-bond acceptors (Lipinski definition) is 5. The number of tetrazole rings is 1. The van der Waals surface area contributed by atoms with Crippen LogP contribution in [-0.4, -0.2) is 25.3 Å². The summed E-state index contributed by atoms with van der Waals surface area (Å²) >= 11 is 4.07. The highest BCUT2D eigenvalue weighted by atomic mass is 32.1. The first-order chi connectivity index (χ1) is 5.40. The summed E-state index contributed by atoms with van der Waals surface area (Å²) in [5, 5.41) is 14.9. The second-order valence-electron chi connectivity index (χ2n) is 2.01. The minimum atomic E-state index is 0.593. The van der Waals surface area contributed by atoms with E-state index in [9.17, 15) is 0 Å². The Morgan fingerprint density at radius 1 is 1.45 bits per heavy atom. The van der Waals surface area contributed by atoms with Crippen LogP contribution >= 0.6 is 12.6 Å². The highest BCUT2D eigenvalue weighted by Gasteiger charge is 1.97. The predicted molar refractivity (Wildman–Crippen MR) is 41.3 cm³/mol. The van der Waals surface area contributed by atoms with Crippen molar-refractivity contribution in [3.63, 3.8) is 0 Å². The molecule has 0 atom stereocenters. The Morgan fingerprint density at radius 2 is 2.36 bits per heavy atom. The van der Waals surface area contributed by atoms with Gasteiger partial charge in [-0.3, -0.25) is 0 Å². The van der Waals surface area contributed by atoms with E-state index in [0.717, 1.165) is 5.69 Å². The van der Waals surface area contributed by atoms with Crippen LogP contribution in [0, 0.1) is 0 Å². The molecule has 0 saturated heterocycles. The fourth-order valence-corrected chi connectivity index (χ4v) is 0.939. The van der Waals surface area contributed by atoms with Crippen LogP contribution in [0.5, 0.6) is 0 Å². The summed E-state index contributed by atoms with van der Waals surface area (Å²) < 4.78 is 1.38. The van der Waals surface area contributed by atoms with Crippen molar-refractivity contribution in [2.75, 3.05) is 0 Å². The molecule has 2 rings (SSSR count). The van der Waals surface area contributed by atoms with Crippen molar-refractivity contribution in [1.29, 1.82) is 0 Å². The highest BCUT2D eigenvalue weighted by Crippen LogP contribution is 1.99. The van der Waals surface area contributed by atoms with Crippen molar-refractivity contribution in [2.24, 2.45) is 0 Å².